The summed E-state index contributed by atoms with van der Waals surface area (Å²) in [6.07, 6.45) is 18.8. The molecule has 0 nitrogen and oxygen atoms in total. The number of hydrogen-bond acceptors (Lipinski definition) is 0. The Labute approximate surface area is 131 Å². The molecule has 4 saturated carbocycles. The first kappa shape index (κ1) is 14.1. The number of fused-ring (bicyclic) bond motifs is 5. The minimum atomic E-state index is 0.493. The fraction of sp³-hybridized carbons (Fsp3) is 0.857. The molecule has 0 heteroatoms. The van der Waals surface area contributed by atoms with E-state index in [0.717, 1.165) is 23.7 Å². The summed E-state index contributed by atoms with van der Waals surface area (Å²) < 4.78 is 0. The van der Waals surface area contributed by atoms with Crippen molar-refractivity contribution >= 4 is 0 Å². The van der Waals surface area contributed by atoms with Crippen molar-refractivity contribution < 1.29 is 0 Å². The number of allylic oxidation sites excluding steroid dienone is 1. The van der Waals surface area contributed by atoms with Gasteiger partial charge >= 0.3 is 0 Å². The van der Waals surface area contributed by atoms with Gasteiger partial charge in [0.25, 0.3) is 0 Å². The molecule has 6 atom stereocenters. The maximum atomic E-state index is 3.98. The quantitative estimate of drug-likeness (QED) is 0.508. The predicted octanol–water partition coefficient (Wildman–Crippen LogP) is 6.13. The monoisotopic (exact) mass is 284 g/mol. The van der Waals surface area contributed by atoms with Crippen LogP contribution in [0.1, 0.15) is 77.6 Å². The maximum absolute atomic E-state index is 3.98. The first-order valence-corrected chi connectivity index (χ1v) is 9.57. The highest BCUT2D eigenvalue weighted by Gasteiger charge is 2.57. The van der Waals surface area contributed by atoms with Crippen LogP contribution in [0.4, 0.5) is 0 Å². The van der Waals surface area contributed by atoms with Crippen LogP contribution >= 0.6 is 0 Å². The van der Waals surface area contributed by atoms with Crippen molar-refractivity contribution in [3.8, 4) is 0 Å². The summed E-state index contributed by atoms with van der Waals surface area (Å²) in [4.78, 5) is 0. The Morgan fingerprint density at radius 1 is 0.905 bits per heavy atom. The smallest absolute Gasteiger partial charge is 0.00165 e. The Balaban J connectivity index is 1.71. The Kier molecular flexibility index (Phi) is 3.38. The van der Waals surface area contributed by atoms with Gasteiger partial charge in [0.05, 0.1) is 0 Å². The minimum Gasteiger partial charge on any atom is -0.132 e. The summed E-state index contributed by atoms with van der Waals surface area (Å²) in [7, 11) is 0. The Morgan fingerprint density at radius 3 is 2.67 bits per heavy atom. The molecule has 0 aromatic heterocycles. The zero-order valence-corrected chi connectivity index (χ0v) is 13.9. The Morgan fingerprint density at radius 2 is 1.81 bits per heavy atom. The normalized spacial score (nSPS) is 52.2. The van der Waals surface area contributed by atoms with Gasteiger partial charge in [-0.15, -0.1) is 5.73 Å². The van der Waals surface area contributed by atoms with Gasteiger partial charge in [-0.3, -0.25) is 0 Å². The van der Waals surface area contributed by atoms with Crippen molar-refractivity contribution in [2.45, 2.75) is 77.6 Å². The van der Waals surface area contributed by atoms with E-state index in [2.05, 4.69) is 25.3 Å². The summed E-state index contributed by atoms with van der Waals surface area (Å²) in [5, 5.41) is 0. The lowest BCUT2D eigenvalue weighted by molar-refractivity contribution is -0.0870. The first-order chi connectivity index (χ1) is 10.2. The number of hydrogen-bond donors (Lipinski definition) is 0. The van der Waals surface area contributed by atoms with Gasteiger partial charge in [-0.1, -0.05) is 32.8 Å². The average Bonchev–Trinajstić information content (AvgIpc) is 2.89. The molecule has 0 aliphatic heterocycles. The Bertz CT molecular complexity index is 457. The largest absolute Gasteiger partial charge is 0.132 e. The molecule has 0 spiro atoms. The van der Waals surface area contributed by atoms with E-state index in [4.69, 9.17) is 0 Å². The van der Waals surface area contributed by atoms with Gasteiger partial charge in [-0.05, 0) is 86.5 Å². The molecular formula is C21H32. The highest BCUT2D eigenvalue weighted by atomic mass is 14.6. The molecule has 0 amide bonds. The van der Waals surface area contributed by atoms with Crippen molar-refractivity contribution in [2.24, 2.45) is 34.5 Å². The molecule has 0 aromatic carbocycles. The lowest BCUT2D eigenvalue weighted by Crippen LogP contribution is -2.52. The van der Waals surface area contributed by atoms with Gasteiger partial charge in [0.15, 0.2) is 0 Å². The van der Waals surface area contributed by atoms with Crippen LogP contribution in [0, 0.1) is 34.5 Å². The van der Waals surface area contributed by atoms with E-state index < -0.39 is 0 Å². The SMILES string of the molecule is C=C=CC12CCCCC1CC[C@@H]1[C@@H]2CC[C@]2(C)CCC[C@@H]12. The van der Waals surface area contributed by atoms with Gasteiger partial charge in [0, 0.05) is 5.41 Å². The Hall–Kier alpha value is -0.480. The predicted molar refractivity (Wildman–Crippen MR) is 89.0 cm³/mol. The molecule has 4 rings (SSSR count). The average molecular weight is 284 g/mol. The molecule has 0 aromatic rings. The second-order valence-corrected chi connectivity index (χ2v) is 8.94. The second kappa shape index (κ2) is 5.02. The molecule has 4 aliphatic carbocycles. The van der Waals surface area contributed by atoms with Crippen LogP contribution in [0.2, 0.25) is 0 Å². The molecule has 0 saturated heterocycles. The molecule has 0 radical (unpaired) electrons. The van der Waals surface area contributed by atoms with Gasteiger partial charge in [-0.25, -0.2) is 0 Å². The lowest BCUT2D eigenvalue weighted by Gasteiger charge is -2.60. The highest BCUT2D eigenvalue weighted by Crippen LogP contribution is 2.66. The molecule has 0 heterocycles. The third kappa shape index (κ3) is 1.94. The van der Waals surface area contributed by atoms with Crippen LogP contribution in [-0.4, -0.2) is 0 Å². The van der Waals surface area contributed by atoms with Crippen molar-refractivity contribution in [3.63, 3.8) is 0 Å². The first-order valence-electron chi connectivity index (χ1n) is 9.57. The van der Waals surface area contributed by atoms with Crippen molar-refractivity contribution in [1.82, 2.24) is 0 Å². The van der Waals surface area contributed by atoms with Crippen LogP contribution in [0.15, 0.2) is 18.4 Å². The van der Waals surface area contributed by atoms with Gasteiger partial charge in [0.1, 0.15) is 0 Å². The third-order valence-electron chi connectivity index (χ3n) is 8.30. The molecule has 116 valence electrons. The molecule has 4 fully saturated rings. The van der Waals surface area contributed by atoms with Gasteiger partial charge < -0.3 is 0 Å². The zero-order chi connectivity index (χ0) is 14.5. The van der Waals surface area contributed by atoms with Crippen LogP contribution in [0.3, 0.4) is 0 Å². The summed E-state index contributed by atoms with van der Waals surface area (Å²) in [6.45, 7) is 6.59. The van der Waals surface area contributed by atoms with Gasteiger partial charge in [0.2, 0.25) is 0 Å². The van der Waals surface area contributed by atoms with E-state index in [9.17, 15) is 0 Å². The van der Waals surface area contributed by atoms with Crippen molar-refractivity contribution in [2.75, 3.05) is 0 Å². The highest BCUT2D eigenvalue weighted by molar-refractivity contribution is 5.14. The lowest BCUT2D eigenvalue weighted by atomic mass is 9.45. The minimum absolute atomic E-state index is 0.493. The van der Waals surface area contributed by atoms with E-state index >= 15 is 0 Å². The van der Waals surface area contributed by atoms with Crippen molar-refractivity contribution in [3.05, 3.63) is 18.4 Å². The van der Waals surface area contributed by atoms with E-state index in [0.29, 0.717) is 10.8 Å². The second-order valence-electron chi connectivity index (χ2n) is 8.94. The third-order valence-corrected chi connectivity index (χ3v) is 8.30. The van der Waals surface area contributed by atoms with E-state index in [-0.39, 0.29) is 0 Å². The van der Waals surface area contributed by atoms with E-state index in [1.807, 2.05) is 0 Å². The summed E-state index contributed by atoms with van der Waals surface area (Å²) >= 11 is 0. The summed E-state index contributed by atoms with van der Waals surface area (Å²) in [5.74, 6) is 3.97. The van der Waals surface area contributed by atoms with Crippen LogP contribution in [0.5, 0.6) is 0 Å². The molecule has 21 heavy (non-hydrogen) atoms. The van der Waals surface area contributed by atoms with Crippen LogP contribution in [0.25, 0.3) is 0 Å². The zero-order valence-electron chi connectivity index (χ0n) is 13.9. The number of rotatable bonds is 1. The van der Waals surface area contributed by atoms with Crippen LogP contribution in [-0.2, 0) is 0 Å². The topological polar surface area (TPSA) is 0 Å². The maximum Gasteiger partial charge on any atom is 0.00165 e. The fourth-order valence-corrected chi connectivity index (χ4v) is 7.43. The van der Waals surface area contributed by atoms with E-state index in [1.54, 1.807) is 0 Å². The molecule has 0 N–H and O–H groups in total. The molecule has 0 bridgehead atoms. The van der Waals surface area contributed by atoms with E-state index in [1.165, 1.54) is 70.6 Å². The molecule has 2 unspecified atom stereocenters. The van der Waals surface area contributed by atoms with Gasteiger partial charge in [-0.2, -0.15) is 0 Å². The molecule has 4 aliphatic rings. The fourth-order valence-electron chi connectivity index (χ4n) is 7.43. The van der Waals surface area contributed by atoms with Crippen LogP contribution < -0.4 is 0 Å². The summed E-state index contributed by atoms with van der Waals surface area (Å²) in [5.41, 5.74) is 4.44. The van der Waals surface area contributed by atoms with Crippen molar-refractivity contribution in [1.29, 1.82) is 0 Å². The summed E-state index contributed by atoms with van der Waals surface area (Å²) in [6, 6.07) is 0. The molecular weight excluding hydrogens is 252 g/mol. The standard InChI is InChI=1S/C21H32/c1-3-12-21-14-5-4-7-16(21)9-10-17-18-8-6-13-20(18,2)15-11-19(17)21/h12,16-19H,1,4-11,13-15H2,2H3/t16?,17-,18-,19-,20-,21?/m0/s1.